The third-order valence-corrected chi connectivity index (χ3v) is 7.13. The zero-order valence-corrected chi connectivity index (χ0v) is 16.5. The molecule has 3 aromatic heterocycles. The summed E-state index contributed by atoms with van der Waals surface area (Å²) in [5, 5.41) is 7.69. The van der Waals surface area contributed by atoms with E-state index in [1.54, 1.807) is 0 Å². The Bertz CT molecular complexity index is 1060. The molecule has 8 nitrogen and oxygen atoms in total. The first-order valence-electron chi connectivity index (χ1n) is 10.7. The van der Waals surface area contributed by atoms with Gasteiger partial charge in [0.2, 0.25) is 0 Å². The lowest BCUT2D eigenvalue weighted by molar-refractivity contribution is 0.297. The zero-order chi connectivity index (χ0) is 19.4. The third kappa shape index (κ3) is 2.62. The number of hydrogen-bond donors (Lipinski definition) is 2. The number of H-pyrrole nitrogens is 1. The average molecular weight is 390 g/mol. The molecule has 3 N–H and O–H groups in total. The second-order valence-electron chi connectivity index (χ2n) is 8.73. The van der Waals surface area contributed by atoms with E-state index in [1.165, 1.54) is 12.8 Å². The molecule has 1 saturated heterocycles. The summed E-state index contributed by atoms with van der Waals surface area (Å²) in [4.78, 5) is 18.7. The van der Waals surface area contributed by atoms with E-state index in [1.807, 2.05) is 18.5 Å². The van der Waals surface area contributed by atoms with Gasteiger partial charge in [0, 0.05) is 37.3 Å². The monoisotopic (exact) mass is 390 g/mol. The summed E-state index contributed by atoms with van der Waals surface area (Å²) in [5.41, 5.74) is 10.5. The number of fused-ring (bicyclic) bond motifs is 2. The SMILES string of the molecule is NC1CCCC12CCN(c1cnc3c(N4CCCc5ncccc54)n[nH]c3n1)C2. The van der Waals surface area contributed by atoms with Crippen LogP contribution in [-0.2, 0) is 6.42 Å². The summed E-state index contributed by atoms with van der Waals surface area (Å²) < 4.78 is 0. The fourth-order valence-corrected chi connectivity index (χ4v) is 5.50. The summed E-state index contributed by atoms with van der Waals surface area (Å²) in [5.74, 6) is 1.76. The molecule has 2 atom stereocenters. The maximum Gasteiger partial charge on any atom is 0.183 e. The number of aromatic nitrogens is 5. The van der Waals surface area contributed by atoms with Crippen molar-refractivity contribution in [3.05, 3.63) is 30.2 Å². The van der Waals surface area contributed by atoms with Gasteiger partial charge in [-0.05, 0) is 44.2 Å². The summed E-state index contributed by atoms with van der Waals surface area (Å²) in [6, 6.07) is 4.40. The van der Waals surface area contributed by atoms with Gasteiger partial charge in [0.1, 0.15) is 5.82 Å². The first-order valence-corrected chi connectivity index (χ1v) is 10.7. The number of nitrogens with two attached hydrogens (primary N) is 1. The van der Waals surface area contributed by atoms with E-state index in [4.69, 9.17) is 15.7 Å². The Kier molecular flexibility index (Phi) is 3.77. The molecule has 2 unspecified atom stereocenters. The fourth-order valence-electron chi connectivity index (χ4n) is 5.50. The van der Waals surface area contributed by atoms with E-state index in [9.17, 15) is 0 Å². The van der Waals surface area contributed by atoms with E-state index in [0.717, 1.165) is 79.5 Å². The van der Waals surface area contributed by atoms with Crippen LogP contribution < -0.4 is 15.5 Å². The molecule has 0 amide bonds. The van der Waals surface area contributed by atoms with E-state index < -0.39 is 0 Å². The van der Waals surface area contributed by atoms with Crippen LogP contribution in [0.4, 0.5) is 17.3 Å². The number of pyridine rings is 1. The molecule has 2 fully saturated rings. The number of nitrogens with one attached hydrogen (secondary N) is 1. The van der Waals surface area contributed by atoms with Crippen molar-refractivity contribution < 1.29 is 0 Å². The first-order chi connectivity index (χ1) is 14.2. The van der Waals surface area contributed by atoms with E-state index in [0.29, 0.717) is 6.04 Å². The molecule has 3 aromatic rings. The van der Waals surface area contributed by atoms with Crippen molar-refractivity contribution in [3.63, 3.8) is 0 Å². The molecule has 0 bridgehead atoms. The number of aryl methyl sites for hydroxylation is 1. The largest absolute Gasteiger partial charge is 0.355 e. The molecule has 29 heavy (non-hydrogen) atoms. The van der Waals surface area contributed by atoms with Gasteiger partial charge >= 0.3 is 0 Å². The summed E-state index contributed by atoms with van der Waals surface area (Å²) in [7, 11) is 0. The van der Waals surface area contributed by atoms with Crippen molar-refractivity contribution in [2.45, 2.75) is 44.6 Å². The highest BCUT2D eigenvalue weighted by Crippen LogP contribution is 2.45. The Hall–Kier alpha value is -2.74. The topological polar surface area (TPSA) is 99.9 Å². The van der Waals surface area contributed by atoms with Gasteiger partial charge in [-0.15, -0.1) is 0 Å². The smallest absolute Gasteiger partial charge is 0.183 e. The van der Waals surface area contributed by atoms with Crippen molar-refractivity contribution in [1.29, 1.82) is 0 Å². The van der Waals surface area contributed by atoms with Crippen LogP contribution in [-0.4, -0.2) is 50.8 Å². The van der Waals surface area contributed by atoms with Crippen LogP contribution in [0.25, 0.3) is 11.2 Å². The van der Waals surface area contributed by atoms with Crippen molar-refractivity contribution in [2.75, 3.05) is 29.4 Å². The Balaban J connectivity index is 1.32. The molecule has 2 aliphatic heterocycles. The molecule has 5 heterocycles. The van der Waals surface area contributed by atoms with Crippen LogP contribution >= 0.6 is 0 Å². The molecular formula is C21H26N8. The molecule has 0 aromatic carbocycles. The van der Waals surface area contributed by atoms with Crippen molar-refractivity contribution in [3.8, 4) is 0 Å². The Morgan fingerprint density at radius 3 is 3.03 bits per heavy atom. The number of rotatable bonds is 2. The van der Waals surface area contributed by atoms with Gasteiger partial charge in [-0.3, -0.25) is 10.1 Å². The highest BCUT2D eigenvalue weighted by Gasteiger charge is 2.46. The quantitative estimate of drug-likeness (QED) is 0.693. The van der Waals surface area contributed by atoms with Crippen LogP contribution in [0.5, 0.6) is 0 Å². The molecule has 1 saturated carbocycles. The maximum atomic E-state index is 6.44. The lowest BCUT2D eigenvalue weighted by Gasteiger charge is -2.29. The van der Waals surface area contributed by atoms with Gasteiger partial charge < -0.3 is 15.5 Å². The van der Waals surface area contributed by atoms with Crippen LogP contribution in [0.1, 0.15) is 37.8 Å². The van der Waals surface area contributed by atoms with Crippen LogP contribution in [0.15, 0.2) is 24.5 Å². The zero-order valence-electron chi connectivity index (χ0n) is 16.5. The van der Waals surface area contributed by atoms with E-state index >= 15 is 0 Å². The second kappa shape index (κ2) is 6.38. The Morgan fingerprint density at radius 1 is 1.17 bits per heavy atom. The van der Waals surface area contributed by atoms with Crippen LogP contribution in [0.2, 0.25) is 0 Å². The van der Waals surface area contributed by atoms with Gasteiger partial charge in [-0.2, -0.15) is 5.10 Å². The number of aromatic amines is 1. The molecule has 1 spiro atoms. The molecule has 150 valence electrons. The minimum absolute atomic E-state index is 0.264. The normalized spacial score (nSPS) is 26.6. The van der Waals surface area contributed by atoms with Gasteiger partial charge in [0.15, 0.2) is 17.0 Å². The van der Waals surface area contributed by atoms with Gasteiger partial charge in [0.25, 0.3) is 0 Å². The highest BCUT2D eigenvalue weighted by molar-refractivity contribution is 5.87. The molecule has 1 aliphatic carbocycles. The number of anilines is 3. The van der Waals surface area contributed by atoms with Crippen molar-refractivity contribution >= 4 is 28.5 Å². The van der Waals surface area contributed by atoms with Crippen molar-refractivity contribution in [1.82, 2.24) is 25.1 Å². The van der Waals surface area contributed by atoms with E-state index in [-0.39, 0.29) is 5.41 Å². The highest BCUT2D eigenvalue weighted by atomic mass is 15.3. The Morgan fingerprint density at radius 2 is 2.14 bits per heavy atom. The summed E-state index contributed by atoms with van der Waals surface area (Å²) in [6.45, 7) is 2.90. The number of hydrogen-bond acceptors (Lipinski definition) is 7. The van der Waals surface area contributed by atoms with Crippen molar-refractivity contribution in [2.24, 2.45) is 11.1 Å². The third-order valence-electron chi connectivity index (χ3n) is 7.13. The minimum Gasteiger partial charge on any atom is -0.355 e. The van der Waals surface area contributed by atoms with Gasteiger partial charge in [0.05, 0.1) is 17.6 Å². The predicted octanol–water partition coefficient (Wildman–Crippen LogP) is 2.54. The van der Waals surface area contributed by atoms with Gasteiger partial charge in [-0.1, -0.05) is 6.42 Å². The molecule has 8 heteroatoms. The van der Waals surface area contributed by atoms with Gasteiger partial charge in [-0.25, -0.2) is 9.97 Å². The second-order valence-corrected chi connectivity index (χ2v) is 8.73. The summed E-state index contributed by atoms with van der Waals surface area (Å²) in [6.07, 6.45) is 10.6. The fraction of sp³-hybridized carbons (Fsp3) is 0.524. The lowest BCUT2D eigenvalue weighted by Crippen LogP contribution is -2.39. The molecular weight excluding hydrogens is 364 g/mol. The Labute approximate surface area is 169 Å². The molecule has 0 radical (unpaired) electrons. The summed E-state index contributed by atoms with van der Waals surface area (Å²) >= 11 is 0. The molecule has 3 aliphatic rings. The lowest BCUT2D eigenvalue weighted by atomic mass is 9.82. The minimum atomic E-state index is 0.264. The number of nitrogens with zero attached hydrogens (tertiary/aromatic N) is 6. The predicted molar refractivity (Wildman–Crippen MR) is 112 cm³/mol. The maximum absolute atomic E-state index is 6.44. The van der Waals surface area contributed by atoms with Crippen LogP contribution in [0, 0.1) is 5.41 Å². The standard InChI is InChI=1S/C21H26N8/c22-16-6-1-7-21(16)8-11-28(13-21)17-12-24-18-19(25-17)26-27-20(18)29-10-3-4-14-15(29)5-2-9-23-14/h2,5,9,12,16H,1,3-4,6-8,10-11,13,22H2,(H,25,26,27). The van der Waals surface area contributed by atoms with Crippen LogP contribution in [0.3, 0.4) is 0 Å². The first kappa shape index (κ1) is 17.1. The molecule has 6 rings (SSSR count). The average Bonchev–Trinajstić information content (AvgIpc) is 3.47. The van der Waals surface area contributed by atoms with E-state index in [2.05, 4.69) is 31.0 Å².